The van der Waals surface area contributed by atoms with Gasteiger partial charge in [-0.1, -0.05) is 235 Å². The molecule has 0 spiro atoms. The van der Waals surface area contributed by atoms with Crippen molar-refractivity contribution in [1.29, 1.82) is 0 Å². The molecule has 2 heterocycles. The lowest BCUT2D eigenvalue weighted by Gasteiger charge is -2.53. The SMILES string of the molecule is CCCCCC1(CCCCC)CC(OC(=O)CCCCCCCCC(=O)OC2CC(CCCCC)(CCCCC)NC(CCCCC)(CCCCC)C2)CC(CCCCC)(CCCCC)N1. The van der Waals surface area contributed by atoms with Crippen LogP contribution in [0.3, 0.4) is 0 Å². The average Bonchev–Trinajstić information content (AvgIpc) is 3.28. The monoisotopic (exact) mass is 929 g/mol. The van der Waals surface area contributed by atoms with E-state index < -0.39 is 0 Å². The smallest absolute Gasteiger partial charge is 0.306 e. The van der Waals surface area contributed by atoms with E-state index in [0.717, 1.165) is 64.2 Å². The van der Waals surface area contributed by atoms with E-state index in [0.29, 0.717) is 12.8 Å². The minimum absolute atomic E-state index is 0.0203. The second-order valence-electron chi connectivity index (χ2n) is 22.7. The molecule has 0 radical (unpaired) electrons. The van der Waals surface area contributed by atoms with E-state index in [1.54, 1.807) is 0 Å². The van der Waals surface area contributed by atoms with Crippen LogP contribution in [0.2, 0.25) is 0 Å². The summed E-state index contributed by atoms with van der Waals surface area (Å²) >= 11 is 0. The zero-order valence-electron chi connectivity index (χ0n) is 45.9. The zero-order valence-corrected chi connectivity index (χ0v) is 45.9. The van der Waals surface area contributed by atoms with Crippen molar-refractivity contribution in [2.24, 2.45) is 0 Å². The fraction of sp³-hybridized carbons (Fsp3) is 0.967. The third kappa shape index (κ3) is 25.1. The molecule has 0 amide bonds. The number of carbonyl (C=O) groups excluding carboxylic acids is 2. The van der Waals surface area contributed by atoms with Gasteiger partial charge < -0.3 is 20.1 Å². The van der Waals surface area contributed by atoms with Gasteiger partial charge in [0.2, 0.25) is 0 Å². The van der Waals surface area contributed by atoms with Crippen LogP contribution in [0.15, 0.2) is 0 Å². The molecular formula is C60H116N2O4. The maximum absolute atomic E-state index is 13.6. The standard InChI is InChI=1S/C60H116N2O4/c1-9-17-31-41-57(42-32-18-10-2)49-53(50-58(61-57,43-33-19-11-3)44-34-20-12-4)65-55(63)39-29-27-25-26-28-30-40-56(64)66-54-51-59(45-35-21-13-5,46-36-22-14-6)62-60(52-54,47-37-23-15-7)48-38-24-16-8/h53-54,61-62H,9-52H2,1-8H3. The molecule has 0 bridgehead atoms. The minimum Gasteiger partial charge on any atom is -0.462 e. The van der Waals surface area contributed by atoms with E-state index in [2.05, 4.69) is 66.0 Å². The normalized spacial score (nSPS) is 18.1. The maximum atomic E-state index is 13.6. The third-order valence-electron chi connectivity index (χ3n) is 16.2. The molecule has 2 aliphatic heterocycles. The molecule has 2 fully saturated rings. The fourth-order valence-corrected chi connectivity index (χ4v) is 12.6. The van der Waals surface area contributed by atoms with Gasteiger partial charge >= 0.3 is 11.9 Å². The van der Waals surface area contributed by atoms with Crippen LogP contribution in [0, 0.1) is 0 Å². The highest BCUT2D eigenvalue weighted by atomic mass is 16.5. The molecule has 0 aromatic heterocycles. The summed E-state index contributed by atoms with van der Waals surface area (Å²) in [6.07, 6.45) is 51.0. The average molecular weight is 930 g/mol. The number of nitrogens with one attached hydrogen (secondary N) is 2. The maximum Gasteiger partial charge on any atom is 0.306 e. The second-order valence-corrected chi connectivity index (χ2v) is 22.7. The Balaban J connectivity index is 1.98. The molecule has 0 atom stereocenters. The van der Waals surface area contributed by atoms with Gasteiger partial charge in [0, 0.05) is 60.7 Å². The Kier molecular flexibility index (Phi) is 34.0. The lowest BCUT2D eigenvalue weighted by Crippen LogP contribution is -2.65. The van der Waals surface area contributed by atoms with Crippen LogP contribution in [0.5, 0.6) is 0 Å². The number of hydrogen-bond donors (Lipinski definition) is 2. The zero-order chi connectivity index (χ0) is 48.3. The molecule has 0 aromatic carbocycles. The number of ether oxygens (including phenoxy) is 2. The molecule has 0 aromatic rings. The van der Waals surface area contributed by atoms with Crippen LogP contribution >= 0.6 is 0 Å². The predicted octanol–water partition coefficient (Wildman–Crippen LogP) is 18.3. The second kappa shape index (κ2) is 36.8. The van der Waals surface area contributed by atoms with Crippen molar-refractivity contribution in [3.05, 3.63) is 0 Å². The van der Waals surface area contributed by atoms with E-state index in [-0.39, 0.29) is 46.3 Å². The highest BCUT2D eigenvalue weighted by Crippen LogP contribution is 2.44. The Labute approximate surface area is 412 Å². The first-order valence-corrected chi connectivity index (χ1v) is 30.0. The third-order valence-corrected chi connectivity index (χ3v) is 16.2. The number of carbonyl (C=O) groups is 2. The summed E-state index contributed by atoms with van der Waals surface area (Å²) in [6, 6.07) is 0. The van der Waals surface area contributed by atoms with Crippen molar-refractivity contribution >= 4 is 11.9 Å². The van der Waals surface area contributed by atoms with Crippen molar-refractivity contribution in [2.75, 3.05) is 0 Å². The number of hydrogen-bond acceptors (Lipinski definition) is 6. The quantitative estimate of drug-likeness (QED) is 0.0469. The summed E-state index contributed by atoms with van der Waals surface area (Å²) in [5, 5.41) is 8.88. The summed E-state index contributed by atoms with van der Waals surface area (Å²) in [5.74, 6) is 0.0446. The minimum atomic E-state index is 0.0203. The van der Waals surface area contributed by atoms with E-state index in [1.807, 2.05) is 0 Å². The van der Waals surface area contributed by atoms with Gasteiger partial charge in [-0.05, 0) is 64.2 Å². The Hall–Kier alpha value is -1.14. The first-order chi connectivity index (χ1) is 32.1. The molecule has 0 aliphatic carbocycles. The van der Waals surface area contributed by atoms with Gasteiger partial charge in [0.05, 0.1) is 0 Å². The molecule has 0 unspecified atom stereocenters. The van der Waals surface area contributed by atoms with Gasteiger partial charge in [-0.2, -0.15) is 0 Å². The highest BCUT2D eigenvalue weighted by molar-refractivity contribution is 5.70. The molecule has 6 heteroatoms. The van der Waals surface area contributed by atoms with Gasteiger partial charge in [0.15, 0.2) is 0 Å². The molecule has 2 N–H and O–H groups in total. The topological polar surface area (TPSA) is 76.7 Å². The van der Waals surface area contributed by atoms with Gasteiger partial charge in [0.25, 0.3) is 0 Å². The molecule has 0 saturated carbocycles. The van der Waals surface area contributed by atoms with E-state index in [9.17, 15) is 9.59 Å². The number of piperidine rings is 2. The van der Waals surface area contributed by atoms with Gasteiger partial charge in [0.1, 0.15) is 12.2 Å². The van der Waals surface area contributed by atoms with Crippen LogP contribution in [0.1, 0.15) is 338 Å². The lowest BCUT2D eigenvalue weighted by atomic mass is 9.69. The van der Waals surface area contributed by atoms with Crippen LogP contribution in [0.25, 0.3) is 0 Å². The number of unbranched alkanes of at least 4 members (excludes halogenated alkanes) is 21. The van der Waals surface area contributed by atoms with E-state index in [1.165, 1.54) is 205 Å². The number of esters is 2. The van der Waals surface area contributed by atoms with Crippen molar-refractivity contribution in [2.45, 2.75) is 372 Å². The predicted molar refractivity (Wildman–Crippen MR) is 285 cm³/mol. The van der Waals surface area contributed by atoms with Gasteiger partial charge in [-0.25, -0.2) is 0 Å². The summed E-state index contributed by atoms with van der Waals surface area (Å²) in [6.45, 7) is 18.5. The number of rotatable bonds is 43. The van der Waals surface area contributed by atoms with Gasteiger partial charge in [-0.3, -0.25) is 9.59 Å². The van der Waals surface area contributed by atoms with Crippen LogP contribution < -0.4 is 10.6 Å². The van der Waals surface area contributed by atoms with E-state index in [4.69, 9.17) is 9.47 Å². The highest BCUT2D eigenvalue weighted by Gasteiger charge is 2.49. The molecule has 2 rings (SSSR count). The Morgan fingerprint density at radius 1 is 0.318 bits per heavy atom. The fourth-order valence-electron chi connectivity index (χ4n) is 12.6. The molecule has 66 heavy (non-hydrogen) atoms. The summed E-state index contributed by atoms with van der Waals surface area (Å²) < 4.78 is 13.1. The summed E-state index contributed by atoms with van der Waals surface area (Å²) in [5.41, 5.74) is 0.302. The molecule has 390 valence electrons. The van der Waals surface area contributed by atoms with E-state index >= 15 is 0 Å². The van der Waals surface area contributed by atoms with Gasteiger partial charge in [-0.15, -0.1) is 0 Å². The lowest BCUT2D eigenvalue weighted by molar-refractivity contribution is -0.156. The first-order valence-electron chi connectivity index (χ1n) is 30.0. The molecular weight excluding hydrogens is 813 g/mol. The van der Waals surface area contributed by atoms with Crippen molar-refractivity contribution in [3.8, 4) is 0 Å². The Morgan fingerprint density at radius 2 is 0.515 bits per heavy atom. The first kappa shape index (κ1) is 61.0. The van der Waals surface area contributed by atoms with Crippen LogP contribution in [0.4, 0.5) is 0 Å². The molecule has 2 saturated heterocycles. The Bertz CT molecular complexity index is 993. The van der Waals surface area contributed by atoms with Crippen molar-refractivity contribution < 1.29 is 19.1 Å². The summed E-state index contributed by atoms with van der Waals surface area (Å²) in [7, 11) is 0. The molecule has 2 aliphatic rings. The van der Waals surface area contributed by atoms with Crippen molar-refractivity contribution in [1.82, 2.24) is 10.6 Å². The summed E-state index contributed by atoms with van der Waals surface area (Å²) in [4.78, 5) is 27.2. The largest absolute Gasteiger partial charge is 0.462 e. The Morgan fingerprint density at radius 3 is 0.712 bits per heavy atom. The van der Waals surface area contributed by atoms with Crippen LogP contribution in [-0.4, -0.2) is 46.3 Å². The van der Waals surface area contributed by atoms with Crippen molar-refractivity contribution in [3.63, 3.8) is 0 Å². The molecule has 6 nitrogen and oxygen atoms in total. The van der Waals surface area contributed by atoms with Crippen LogP contribution in [-0.2, 0) is 19.1 Å².